The Morgan fingerprint density at radius 2 is 0.957 bits per heavy atom. The van der Waals surface area contributed by atoms with Gasteiger partial charge in [-0.1, -0.05) is 164 Å². The van der Waals surface area contributed by atoms with Gasteiger partial charge in [0.05, 0.1) is 0 Å². The van der Waals surface area contributed by atoms with Gasteiger partial charge in [0.25, 0.3) is 0 Å². The van der Waals surface area contributed by atoms with Crippen LogP contribution < -0.4 is 0 Å². The lowest BCUT2D eigenvalue weighted by Crippen LogP contribution is -1.86. The molecule has 228 valence electrons. The average Bonchev–Trinajstić information content (AvgIpc) is 3.54. The van der Waals surface area contributed by atoms with E-state index in [1.165, 1.54) is 65.3 Å². The lowest BCUT2D eigenvalue weighted by atomic mass is 9.91. The second kappa shape index (κ2) is 13.4. The largest absolute Gasteiger partial charge is 0.455 e. The fourth-order valence-electron chi connectivity index (χ4n) is 6.54. The summed E-state index contributed by atoms with van der Waals surface area (Å²) in [6.45, 7) is 6.41. The number of hydrogen-bond donors (Lipinski definition) is 0. The molecular weight excluding hydrogens is 569 g/mol. The first kappa shape index (κ1) is 30.0. The zero-order valence-corrected chi connectivity index (χ0v) is 27.2. The first-order valence-electron chi connectivity index (χ1n) is 16.4. The van der Waals surface area contributed by atoms with Gasteiger partial charge in [0.2, 0.25) is 0 Å². The van der Waals surface area contributed by atoms with Crippen LogP contribution in [-0.2, 0) is 6.42 Å². The molecule has 0 aliphatic heterocycles. The highest BCUT2D eigenvalue weighted by atomic mass is 16.3. The highest BCUT2D eigenvalue weighted by Crippen LogP contribution is 2.41. The van der Waals surface area contributed by atoms with Crippen molar-refractivity contribution in [3.63, 3.8) is 0 Å². The molecule has 0 atom stereocenters. The molecule has 1 heterocycles. The molecule has 0 radical (unpaired) electrons. The molecule has 8 aromatic carbocycles. The summed E-state index contributed by atoms with van der Waals surface area (Å²) in [4.78, 5) is 0. The van der Waals surface area contributed by atoms with Crippen LogP contribution in [0.4, 0.5) is 0 Å². The summed E-state index contributed by atoms with van der Waals surface area (Å²) in [5.41, 5.74) is 8.20. The summed E-state index contributed by atoms with van der Waals surface area (Å²) >= 11 is 0. The van der Waals surface area contributed by atoms with Crippen molar-refractivity contribution in [2.45, 2.75) is 27.2 Å². The molecule has 0 amide bonds. The van der Waals surface area contributed by atoms with Crippen LogP contribution >= 0.6 is 0 Å². The van der Waals surface area contributed by atoms with E-state index in [1.807, 2.05) is 30.3 Å². The number of aryl methyl sites for hydroxylation is 3. The molecule has 0 bridgehead atoms. The normalized spacial score (nSPS) is 11.0. The molecule has 1 aromatic heterocycles. The topological polar surface area (TPSA) is 13.1 Å². The highest BCUT2D eigenvalue weighted by Gasteiger charge is 2.15. The minimum Gasteiger partial charge on any atom is -0.455 e. The van der Waals surface area contributed by atoms with Crippen molar-refractivity contribution in [1.29, 1.82) is 0 Å². The van der Waals surface area contributed by atoms with Crippen molar-refractivity contribution in [2.24, 2.45) is 0 Å². The van der Waals surface area contributed by atoms with E-state index in [2.05, 4.69) is 154 Å². The second-order valence-electron chi connectivity index (χ2n) is 12.1. The predicted octanol–water partition coefficient (Wildman–Crippen LogP) is 13.3. The maximum Gasteiger partial charge on any atom is 0.143 e. The van der Waals surface area contributed by atoms with Crippen molar-refractivity contribution < 1.29 is 4.42 Å². The summed E-state index contributed by atoms with van der Waals surface area (Å²) in [7, 11) is 0. The van der Waals surface area contributed by atoms with Gasteiger partial charge in [-0.25, -0.2) is 0 Å². The Balaban J connectivity index is 0.000000193. The third-order valence-electron chi connectivity index (χ3n) is 8.98. The Morgan fingerprint density at radius 1 is 0.447 bits per heavy atom. The molecule has 0 fully saturated rings. The molecule has 0 unspecified atom stereocenters. The van der Waals surface area contributed by atoms with Gasteiger partial charge in [-0.2, -0.15) is 0 Å². The Kier molecular flexibility index (Phi) is 8.54. The van der Waals surface area contributed by atoms with E-state index >= 15 is 0 Å². The van der Waals surface area contributed by atoms with Crippen molar-refractivity contribution >= 4 is 54.3 Å². The van der Waals surface area contributed by atoms with Crippen molar-refractivity contribution in [1.82, 2.24) is 0 Å². The summed E-state index contributed by atoms with van der Waals surface area (Å²) in [5, 5.41) is 10.1. The van der Waals surface area contributed by atoms with Crippen LogP contribution in [0.5, 0.6) is 0 Å². The van der Waals surface area contributed by atoms with Crippen LogP contribution in [0.2, 0.25) is 0 Å². The van der Waals surface area contributed by atoms with Gasteiger partial charge in [-0.15, -0.1) is 0 Å². The molecule has 1 heteroatoms. The maximum absolute atomic E-state index is 6.39. The minimum atomic E-state index is 0.940. The molecule has 47 heavy (non-hydrogen) atoms. The maximum atomic E-state index is 6.39. The molecular formula is C46H38O. The Labute approximate surface area is 276 Å². The molecule has 0 spiro atoms. The monoisotopic (exact) mass is 606 g/mol. The minimum absolute atomic E-state index is 0.940. The fraction of sp³-hybridized carbons (Fsp3) is 0.0870. The van der Waals surface area contributed by atoms with Crippen molar-refractivity contribution in [2.75, 3.05) is 0 Å². The molecule has 0 aliphatic rings. The second-order valence-corrected chi connectivity index (χ2v) is 12.1. The lowest BCUT2D eigenvalue weighted by Gasteiger charge is -2.12. The third-order valence-corrected chi connectivity index (χ3v) is 8.98. The van der Waals surface area contributed by atoms with E-state index in [-0.39, 0.29) is 0 Å². The van der Waals surface area contributed by atoms with Gasteiger partial charge in [0, 0.05) is 16.3 Å². The van der Waals surface area contributed by atoms with Crippen LogP contribution in [0.15, 0.2) is 168 Å². The van der Waals surface area contributed by atoms with Crippen LogP contribution in [0.3, 0.4) is 0 Å². The quantitative estimate of drug-likeness (QED) is 0.178. The molecule has 1 nitrogen and oxygen atoms in total. The van der Waals surface area contributed by atoms with Gasteiger partial charge >= 0.3 is 0 Å². The summed E-state index contributed by atoms with van der Waals surface area (Å²) in [6.07, 6.45) is 1.14. The van der Waals surface area contributed by atoms with E-state index in [4.69, 9.17) is 4.42 Å². The van der Waals surface area contributed by atoms with Crippen LogP contribution in [0.1, 0.15) is 23.6 Å². The number of para-hydroxylation sites is 1. The third kappa shape index (κ3) is 6.01. The summed E-state index contributed by atoms with van der Waals surface area (Å²) in [5.74, 6) is 0. The first-order valence-corrected chi connectivity index (χ1v) is 16.4. The zero-order valence-electron chi connectivity index (χ0n) is 27.2. The van der Waals surface area contributed by atoms with E-state index in [9.17, 15) is 0 Å². The van der Waals surface area contributed by atoms with Gasteiger partial charge in [0.1, 0.15) is 11.2 Å². The Hall–Kier alpha value is -5.66. The Morgan fingerprint density at radius 3 is 1.51 bits per heavy atom. The number of benzene rings is 8. The number of fused-ring (bicyclic) bond motifs is 9. The van der Waals surface area contributed by atoms with Crippen LogP contribution in [-0.4, -0.2) is 0 Å². The smallest absolute Gasteiger partial charge is 0.143 e. The molecule has 0 saturated carbocycles. The molecule has 0 saturated heterocycles. The SMILES string of the molecule is CCc1ccccc1.Cc1ccc(-c2ccc3c4ccccc4c4ccccc4c3c2)c2oc3ccccc3c12.Cc1ccccc1. The summed E-state index contributed by atoms with van der Waals surface area (Å²) < 4.78 is 6.39. The first-order chi connectivity index (χ1) is 23.1. The van der Waals surface area contributed by atoms with Gasteiger partial charge in [-0.05, 0) is 81.4 Å². The Bertz CT molecular complexity index is 2420. The number of hydrogen-bond acceptors (Lipinski definition) is 1. The van der Waals surface area contributed by atoms with Crippen molar-refractivity contribution in [3.8, 4) is 11.1 Å². The standard InChI is InChI=1S/C31H20O.C8H10.C7H8/c1-19-14-16-21(31-30(19)27-12-6-7-13-29(27)32-31)20-15-17-26-24-10-3-2-8-22(24)23-9-4-5-11-25(23)28(26)18-20;1-2-8-6-4-3-5-7-8;1-7-5-3-2-4-6-7/h2-18H,1H3;3-7H,2H2,1H3;2-6H,1H3. The van der Waals surface area contributed by atoms with Crippen LogP contribution in [0.25, 0.3) is 65.4 Å². The van der Waals surface area contributed by atoms with E-state index in [0.29, 0.717) is 0 Å². The lowest BCUT2D eigenvalue weighted by molar-refractivity contribution is 0.670. The average molecular weight is 607 g/mol. The van der Waals surface area contributed by atoms with Crippen LogP contribution in [0, 0.1) is 13.8 Å². The molecule has 9 rings (SSSR count). The van der Waals surface area contributed by atoms with E-state index < -0.39 is 0 Å². The van der Waals surface area contributed by atoms with Crippen molar-refractivity contribution in [3.05, 3.63) is 180 Å². The summed E-state index contributed by atoms with van der Waals surface area (Å²) in [6, 6.07) is 57.7. The number of furan rings is 1. The van der Waals surface area contributed by atoms with E-state index in [1.54, 1.807) is 0 Å². The van der Waals surface area contributed by atoms with E-state index in [0.717, 1.165) is 23.2 Å². The predicted molar refractivity (Wildman–Crippen MR) is 203 cm³/mol. The highest BCUT2D eigenvalue weighted by molar-refractivity contribution is 6.26. The van der Waals surface area contributed by atoms with Gasteiger partial charge in [-0.3, -0.25) is 0 Å². The molecule has 0 aliphatic carbocycles. The zero-order chi connectivity index (χ0) is 32.2. The van der Waals surface area contributed by atoms with Gasteiger partial charge in [0.15, 0.2) is 0 Å². The number of rotatable bonds is 2. The van der Waals surface area contributed by atoms with Gasteiger partial charge < -0.3 is 4.42 Å². The molecule has 0 N–H and O–H groups in total. The molecule has 9 aromatic rings. The fourth-order valence-corrected chi connectivity index (χ4v) is 6.54.